The van der Waals surface area contributed by atoms with E-state index in [0.717, 1.165) is 37.5 Å². The summed E-state index contributed by atoms with van der Waals surface area (Å²) in [6, 6.07) is 0. The number of fused-ring (bicyclic) bond motifs is 4. The third-order valence-electron chi connectivity index (χ3n) is 12.2. The number of hydrogen-bond acceptors (Lipinski definition) is 3. The molecule has 0 saturated heterocycles. The largest absolute Gasteiger partial charge is 0.462 e. The summed E-state index contributed by atoms with van der Waals surface area (Å²) in [6.45, 7) is 20.5. The maximum atomic E-state index is 11.8. The van der Waals surface area contributed by atoms with Gasteiger partial charge in [0.1, 0.15) is 6.10 Å². The van der Waals surface area contributed by atoms with Gasteiger partial charge in [0, 0.05) is 12.3 Å². The normalized spacial score (nSPS) is 41.6. The first-order chi connectivity index (χ1) is 16.1. The molecule has 2 fully saturated rings. The van der Waals surface area contributed by atoms with Crippen LogP contribution in [0.3, 0.4) is 0 Å². The lowest BCUT2D eigenvalue weighted by molar-refractivity contribution is -0.167. The molecule has 0 heterocycles. The Balaban J connectivity index is 1.59. The molecule has 1 unspecified atom stereocenters. The summed E-state index contributed by atoms with van der Waals surface area (Å²) >= 11 is 0. The number of allylic oxidation sites excluding steroid dienone is 2. The Hall–Kier alpha value is -0.830. The van der Waals surface area contributed by atoms with Gasteiger partial charge in [-0.3, -0.25) is 4.79 Å². The van der Waals surface area contributed by atoms with Gasteiger partial charge in [-0.15, -0.1) is 0 Å². The first kappa shape index (κ1) is 27.2. The van der Waals surface area contributed by atoms with Crippen LogP contribution in [0, 0.1) is 39.4 Å². The number of rotatable bonds is 6. The highest BCUT2D eigenvalue weighted by molar-refractivity contribution is 5.66. The van der Waals surface area contributed by atoms with E-state index in [1.54, 1.807) is 12.5 Å². The van der Waals surface area contributed by atoms with Crippen molar-refractivity contribution in [2.24, 2.45) is 39.4 Å². The first-order valence-corrected chi connectivity index (χ1v) is 14.7. The van der Waals surface area contributed by atoms with Gasteiger partial charge >= 0.3 is 5.97 Å². The number of esters is 1. The van der Waals surface area contributed by atoms with Gasteiger partial charge in [-0.2, -0.15) is 0 Å². The molecule has 1 N–H and O–H groups in total. The van der Waals surface area contributed by atoms with Crippen LogP contribution in [0.1, 0.15) is 133 Å². The van der Waals surface area contributed by atoms with Gasteiger partial charge in [-0.25, -0.2) is 0 Å². The molecule has 0 aromatic heterocycles. The van der Waals surface area contributed by atoms with Crippen LogP contribution in [0.4, 0.5) is 0 Å². The summed E-state index contributed by atoms with van der Waals surface area (Å²) in [7, 11) is 0. The van der Waals surface area contributed by atoms with E-state index in [4.69, 9.17) is 4.74 Å². The van der Waals surface area contributed by atoms with Gasteiger partial charge in [0.2, 0.25) is 0 Å². The second-order valence-electron chi connectivity index (χ2n) is 15.0. The smallest absolute Gasteiger partial charge is 0.302 e. The fourth-order valence-electron chi connectivity index (χ4n) is 10.1. The van der Waals surface area contributed by atoms with Gasteiger partial charge in [-0.1, -0.05) is 65.5 Å². The van der Waals surface area contributed by atoms with Crippen molar-refractivity contribution < 1.29 is 14.6 Å². The van der Waals surface area contributed by atoms with E-state index in [1.165, 1.54) is 44.9 Å². The van der Waals surface area contributed by atoms with Crippen LogP contribution in [0.15, 0.2) is 11.1 Å². The minimum Gasteiger partial charge on any atom is -0.462 e. The van der Waals surface area contributed by atoms with Crippen LogP contribution in [0.5, 0.6) is 0 Å². The molecule has 4 aliphatic rings. The zero-order valence-corrected chi connectivity index (χ0v) is 24.4. The molecular weight excluding hydrogens is 432 g/mol. The van der Waals surface area contributed by atoms with Crippen molar-refractivity contribution in [3.8, 4) is 0 Å². The first-order valence-electron chi connectivity index (χ1n) is 14.7. The van der Waals surface area contributed by atoms with Crippen molar-refractivity contribution in [2.45, 2.75) is 145 Å². The fourth-order valence-corrected chi connectivity index (χ4v) is 10.1. The zero-order valence-electron chi connectivity index (χ0n) is 24.4. The molecule has 2 saturated carbocycles. The van der Waals surface area contributed by atoms with Crippen molar-refractivity contribution in [2.75, 3.05) is 0 Å². The van der Waals surface area contributed by atoms with Crippen molar-refractivity contribution in [3.63, 3.8) is 0 Å². The molecule has 0 aromatic carbocycles. The minimum atomic E-state index is -0.547. The Morgan fingerprint density at radius 3 is 2.34 bits per heavy atom. The van der Waals surface area contributed by atoms with Gasteiger partial charge in [-0.05, 0) is 106 Å². The number of aliphatic hydroxyl groups is 1. The van der Waals surface area contributed by atoms with E-state index < -0.39 is 5.60 Å². The second-order valence-corrected chi connectivity index (χ2v) is 15.0. The van der Waals surface area contributed by atoms with Crippen LogP contribution >= 0.6 is 0 Å². The highest BCUT2D eigenvalue weighted by atomic mass is 16.5. The molecule has 0 radical (unpaired) electrons. The minimum absolute atomic E-state index is 0.0199. The van der Waals surface area contributed by atoms with E-state index in [1.807, 2.05) is 19.4 Å². The van der Waals surface area contributed by atoms with E-state index in [-0.39, 0.29) is 22.9 Å². The van der Waals surface area contributed by atoms with Crippen molar-refractivity contribution >= 4 is 5.97 Å². The number of hydrogen-bond donors (Lipinski definition) is 1. The van der Waals surface area contributed by atoms with Crippen LogP contribution in [0.2, 0.25) is 0 Å². The van der Waals surface area contributed by atoms with Crippen molar-refractivity contribution in [3.05, 3.63) is 11.1 Å². The van der Waals surface area contributed by atoms with Gasteiger partial charge in [0.15, 0.2) is 0 Å². The van der Waals surface area contributed by atoms with E-state index >= 15 is 0 Å². The second kappa shape index (κ2) is 8.88. The Morgan fingerprint density at radius 2 is 1.71 bits per heavy atom. The standard InChI is InChI=1S/C32H54O3/c1-21(11-10-17-28(3,4)34)23-14-19-32(9)25-12-13-26-29(5,6)27(35-22(2)33)16-18-30(26,7)24(25)15-20-31(23,32)8/h21,23,26-27,34H,10-20H2,1-9H3/t21-,23-,26+,27?,30-,31-,32+/m1/s1. The predicted molar refractivity (Wildman–Crippen MR) is 144 cm³/mol. The third-order valence-corrected chi connectivity index (χ3v) is 12.2. The quantitative estimate of drug-likeness (QED) is 0.304. The molecule has 4 rings (SSSR count). The Bertz CT molecular complexity index is 863. The van der Waals surface area contributed by atoms with E-state index in [0.29, 0.717) is 16.7 Å². The average Bonchev–Trinajstić information content (AvgIpc) is 3.00. The zero-order chi connectivity index (χ0) is 26.0. The maximum Gasteiger partial charge on any atom is 0.302 e. The highest BCUT2D eigenvalue weighted by Crippen LogP contribution is 2.72. The van der Waals surface area contributed by atoms with E-state index in [9.17, 15) is 9.90 Å². The van der Waals surface area contributed by atoms with Gasteiger partial charge < -0.3 is 9.84 Å². The highest BCUT2D eigenvalue weighted by Gasteiger charge is 2.63. The number of carbonyl (C=O) groups excluding carboxylic acids is 1. The van der Waals surface area contributed by atoms with E-state index in [2.05, 4.69) is 41.5 Å². The number of ether oxygens (including phenoxy) is 1. The van der Waals surface area contributed by atoms with Crippen LogP contribution in [-0.4, -0.2) is 22.8 Å². The lowest BCUT2D eigenvalue weighted by Crippen LogP contribution is -2.55. The summed E-state index contributed by atoms with van der Waals surface area (Å²) in [6.07, 6.45) is 13.2. The summed E-state index contributed by atoms with van der Waals surface area (Å²) < 4.78 is 5.86. The molecule has 4 aliphatic carbocycles. The molecule has 200 valence electrons. The van der Waals surface area contributed by atoms with Crippen molar-refractivity contribution in [1.29, 1.82) is 0 Å². The molecule has 7 atom stereocenters. The summed E-state index contributed by atoms with van der Waals surface area (Å²) in [5.74, 6) is 1.95. The SMILES string of the molecule is CC(=O)OC1CC[C@]2(C)C3=C(CC[C@H]2C1(C)C)[C@]1(C)CC[C@H]([C@H](C)CCCC(C)(C)O)[C@@]1(C)CC3. The molecule has 0 amide bonds. The van der Waals surface area contributed by atoms with Crippen LogP contribution in [-0.2, 0) is 9.53 Å². The lowest BCUT2D eigenvalue weighted by atomic mass is 9.43. The Kier molecular flexibility index (Phi) is 6.91. The monoisotopic (exact) mass is 486 g/mol. The van der Waals surface area contributed by atoms with Gasteiger partial charge in [0.25, 0.3) is 0 Å². The Labute approximate surface area is 215 Å². The molecule has 0 spiro atoms. The molecule has 0 aliphatic heterocycles. The third kappa shape index (κ3) is 4.34. The van der Waals surface area contributed by atoms with Crippen molar-refractivity contribution in [1.82, 2.24) is 0 Å². The average molecular weight is 487 g/mol. The molecule has 0 aromatic rings. The Morgan fingerprint density at radius 1 is 1.03 bits per heavy atom. The summed E-state index contributed by atoms with van der Waals surface area (Å²) in [5, 5.41) is 10.2. The lowest BCUT2D eigenvalue weighted by Gasteiger charge is -2.62. The summed E-state index contributed by atoms with van der Waals surface area (Å²) in [4.78, 5) is 11.8. The number of carbonyl (C=O) groups is 1. The molecule has 0 bridgehead atoms. The van der Waals surface area contributed by atoms with Gasteiger partial charge in [0.05, 0.1) is 5.60 Å². The molecule has 3 nitrogen and oxygen atoms in total. The van der Waals surface area contributed by atoms with Crippen LogP contribution < -0.4 is 0 Å². The molecular formula is C32H54O3. The molecule has 35 heavy (non-hydrogen) atoms. The summed E-state index contributed by atoms with van der Waals surface area (Å²) in [5.41, 5.74) is 4.06. The maximum absolute atomic E-state index is 11.8. The predicted octanol–water partition coefficient (Wildman–Crippen LogP) is 8.24. The topological polar surface area (TPSA) is 46.5 Å². The fraction of sp³-hybridized carbons (Fsp3) is 0.906. The molecule has 3 heteroatoms. The van der Waals surface area contributed by atoms with Crippen LogP contribution in [0.25, 0.3) is 0 Å².